The highest BCUT2D eigenvalue weighted by Gasteiger charge is 2.42. The van der Waals surface area contributed by atoms with Crippen molar-refractivity contribution in [2.75, 3.05) is 11.4 Å². The molecular formula is C30H39NO4. The third-order valence-corrected chi connectivity index (χ3v) is 8.08. The molecule has 0 bridgehead atoms. The molecule has 5 rings (SSSR count). The van der Waals surface area contributed by atoms with Gasteiger partial charge in [0.2, 0.25) is 0 Å². The molecule has 0 saturated carbocycles. The maximum Gasteiger partial charge on any atom is 0.308 e. The number of carbonyl (C=O) groups is 1. The second kappa shape index (κ2) is 8.85. The number of aliphatic hydroxyl groups excluding tert-OH is 1. The zero-order chi connectivity index (χ0) is 25.1. The van der Waals surface area contributed by atoms with Crippen molar-refractivity contribution in [3.05, 3.63) is 57.6 Å². The number of ether oxygens (including phenoxy) is 2. The second-order valence-electron chi connectivity index (χ2n) is 11.7. The van der Waals surface area contributed by atoms with Crippen LogP contribution in [-0.2, 0) is 28.9 Å². The largest absolute Gasteiger partial charge is 0.487 e. The van der Waals surface area contributed by atoms with Crippen molar-refractivity contribution >= 4 is 11.7 Å². The number of benzene rings is 2. The molecule has 1 N–H and O–H groups in total. The molecule has 0 amide bonds. The molecule has 0 radical (unpaired) electrons. The number of fused-ring (bicyclic) bond motifs is 2. The maximum atomic E-state index is 12.2. The molecule has 3 aliphatic heterocycles. The molecule has 5 heteroatoms. The average Bonchev–Trinajstić information content (AvgIpc) is 3.12. The highest BCUT2D eigenvalue weighted by atomic mass is 16.5. The number of carbonyl (C=O) groups excluding carboxylic acids is 1. The molecule has 188 valence electrons. The quantitative estimate of drug-likeness (QED) is 0.584. The third-order valence-electron chi connectivity index (χ3n) is 8.08. The Labute approximate surface area is 209 Å². The lowest BCUT2D eigenvalue weighted by molar-refractivity contribution is -0.161. The predicted molar refractivity (Wildman–Crippen MR) is 138 cm³/mol. The van der Waals surface area contributed by atoms with Crippen molar-refractivity contribution in [3.8, 4) is 5.75 Å². The predicted octanol–water partition coefficient (Wildman–Crippen LogP) is 5.56. The molecule has 1 saturated heterocycles. The van der Waals surface area contributed by atoms with E-state index in [0.717, 1.165) is 37.2 Å². The number of esters is 1. The van der Waals surface area contributed by atoms with Crippen LogP contribution in [0.4, 0.5) is 5.69 Å². The van der Waals surface area contributed by atoms with Gasteiger partial charge in [0.25, 0.3) is 0 Å². The van der Waals surface area contributed by atoms with E-state index in [1.807, 2.05) is 0 Å². The Morgan fingerprint density at radius 1 is 1.11 bits per heavy atom. The van der Waals surface area contributed by atoms with Gasteiger partial charge in [-0.3, -0.25) is 4.79 Å². The van der Waals surface area contributed by atoms with Crippen LogP contribution in [0.3, 0.4) is 0 Å². The molecule has 2 aromatic rings. The summed E-state index contributed by atoms with van der Waals surface area (Å²) >= 11 is 0. The number of cyclic esters (lactones) is 1. The molecule has 3 aliphatic rings. The van der Waals surface area contributed by atoms with E-state index in [1.54, 1.807) is 0 Å². The van der Waals surface area contributed by atoms with Crippen molar-refractivity contribution in [2.24, 2.45) is 0 Å². The van der Waals surface area contributed by atoms with Gasteiger partial charge in [0.05, 0.1) is 12.5 Å². The Hall–Kier alpha value is -2.53. The summed E-state index contributed by atoms with van der Waals surface area (Å²) in [5.41, 5.74) is 8.90. The summed E-state index contributed by atoms with van der Waals surface area (Å²) in [4.78, 5) is 14.8. The van der Waals surface area contributed by atoms with E-state index in [0.29, 0.717) is 6.42 Å². The summed E-state index contributed by atoms with van der Waals surface area (Å²) in [5.74, 6) is 0.844. The van der Waals surface area contributed by atoms with Gasteiger partial charge in [0, 0.05) is 48.7 Å². The summed E-state index contributed by atoms with van der Waals surface area (Å²) in [6.07, 6.45) is 1.41. The Kier molecular flexibility index (Phi) is 6.11. The van der Waals surface area contributed by atoms with Crippen LogP contribution in [0, 0.1) is 6.92 Å². The molecule has 3 atom stereocenters. The average molecular weight is 478 g/mol. The van der Waals surface area contributed by atoms with Gasteiger partial charge in [-0.25, -0.2) is 0 Å². The van der Waals surface area contributed by atoms with Crippen LogP contribution >= 0.6 is 0 Å². The van der Waals surface area contributed by atoms with Gasteiger partial charge in [-0.1, -0.05) is 45.0 Å². The van der Waals surface area contributed by atoms with E-state index in [-0.39, 0.29) is 35.9 Å². The van der Waals surface area contributed by atoms with Gasteiger partial charge in [-0.2, -0.15) is 0 Å². The molecule has 5 nitrogen and oxygen atoms in total. The summed E-state index contributed by atoms with van der Waals surface area (Å²) in [6.45, 7) is 15.1. The number of nitrogens with zero attached hydrogens (tertiary/aromatic N) is 1. The van der Waals surface area contributed by atoms with Gasteiger partial charge in [-0.15, -0.1) is 0 Å². The Morgan fingerprint density at radius 2 is 1.83 bits per heavy atom. The van der Waals surface area contributed by atoms with Crippen LogP contribution in [0.25, 0.3) is 0 Å². The maximum absolute atomic E-state index is 12.2. The third kappa shape index (κ3) is 4.33. The van der Waals surface area contributed by atoms with Gasteiger partial charge < -0.3 is 19.5 Å². The van der Waals surface area contributed by atoms with Gasteiger partial charge in [-0.05, 0) is 55.4 Å². The summed E-state index contributed by atoms with van der Waals surface area (Å²) in [6, 6.07) is 8.76. The normalized spacial score (nSPS) is 24.0. The number of aliphatic hydroxyl groups is 1. The van der Waals surface area contributed by atoms with Gasteiger partial charge >= 0.3 is 5.97 Å². The van der Waals surface area contributed by atoms with Crippen molar-refractivity contribution in [1.82, 2.24) is 0 Å². The first-order valence-electron chi connectivity index (χ1n) is 13.1. The first-order chi connectivity index (χ1) is 16.6. The standard InChI is InChI=1S/C30H39NO4/c1-17(2)26-27(19(4)24-13-22(32)14-25(33)34-24)29-23(15-30(5,6)35-29)18(3)28(26)31-12-11-20-9-7-8-10-21(20)16-31/h7-10,17,19,22,24,32H,11-16H2,1-6H3/t19?,22-,24+/m1/s1. The van der Waals surface area contributed by atoms with Crippen LogP contribution in [0.15, 0.2) is 24.3 Å². The van der Waals surface area contributed by atoms with Crippen LogP contribution in [-0.4, -0.2) is 35.4 Å². The number of hydrogen-bond acceptors (Lipinski definition) is 5. The summed E-state index contributed by atoms with van der Waals surface area (Å²) in [7, 11) is 0. The number of rotatable bonds is 4. The topological polar surface area (TPSA) is 59.0 Å². The fourth-order valence-corrected chi connectivity index (χ4v) is 6.43. The molecule has 3 heterocycles. The van der Waals surface area contributed by atoms with E-state index in [1.165, 1.54) is 33.5 Å². The smallest absolute Gasteiger partial charge is 0.308 e. The van der Waals surface area contributed by atoms with Crippen LogP contribution in [0.5, 0.6) is 5.75 Å². The molecule has 35 heavy (non-hydrogen) atoms. The van der Waals surface area contributed by atoms with Gasteiger partial charge in [0.15, 0.2) is 0 Å². The molecular weight excluding hydrogens is 438 g/mol. The minimum Gasteiger partial charge on any atom is -0.487 e. The van der Waals surface area contributed by atoms with Crippen LogP contribution < -0.4 is 9.64 Å². The van der Waals surface area contributed by atoms with Gasteiger partial charge in [0.1, 0.15) is 17.5 Å². The minimum atomic E-state index is -0.653. The molecule has 2 aromatic carbocycles. The Morgan fingerprint density at radius 3 is 2.51 bits per heavy atom. The fraction of sp³-hybridized carbons (Fsp3) is 0.567. The van der Waals surface area contributed by atoms with Crippen molar-refractivity contribution in [2.45, 2.75) is 103 Å². The minimum absolute atomic E-state index is 0.0776. The molecule has 0 aromatic heterocycles. The lowest BCUT2D eigenvalue weighted by atomic mass is 9.79. The first-order valence-corrected chi connectivity index (χ1v) is 13.1. The number of hydrogen-bond donors (Lipinski definition) is 1. The Balaban J connectivity index is 1.68. The van der Waals surface area contributed by atoms with Crippen molar-refractivity contribution in [3.63, 3.8) is 0 Å². The highest BCUT2D eigenvalue weighted by Crippen LogP contribution is 2.52. The van der Waals surface area contributed by atoms with Crippen LogP contribution in [0.2, 0.25) is 0 Å². The molecule has 1 fully saturated rings. The van der Waals surface area contributed by atoms with E-state index in [2.05, 4.69) is 70.7 Å². The van der Waals surface area contributed by atoms with E-state index in [9.17, 15) is 9.90 Å². The fourth-order valence-electron chi connectivity index (χ4n) is 6.43. The molecule has 0 spiro atoms. The first kappa shape index (κ1) is 24.2. The monoisotopic (exact) mass is 477 g/mol. The highest BCUT2D eigenvalue weighted by molar-refractivity contribution is 5.74. The Bertz CT molecular complexity index is 1150. The second-order valence-corrected chi connectivity index (χ2v) is 11.7. The summed E-state index contributed by atoms with van der Waals surface area (Å²) < 4.78 is 12.5. The lowest BCUT2D eigenvalue weighted by Crippen LogP contribution is -2.37. The SMILES string of the molecule is Cc1c2c(c(C(C)[C@@H]3C[C@@H](O)CC(=O)O3)c(C(C)C)c1N1CCc3ccccc3C1)OC(C)(C)C2. The van der Waals surface area contributed by atoms with Crippen LogP contribution in [0.1, 0.15) is 92.7 Å². The van der Waals surface area contributed by atoms with E-state index >= 15 is 0 Å². The zero-order valence-electron chi connectivity index (χ0n) is 22.0. The van der Waals surface area contributed by atoms with E-state index < -0.39 is 6.10 Å². The van der Waals surface area contributed by atoms with E-state index in [4.69, 9.17) is 9.47 Å². The number of anilines is 1. The summed E-state index contributed by atoms with van der Waals surface area (Å²) in [5, 5.41) is 10.4. The molecule has 1 unspecified atom stereocenters. The zero-order valence-corrected chi connectivity index (χ0v) is 22.0. The van der Waals surface area contributed by atoms with Crippen molar-refractivity contribution in [1.29, 1.82) is 0 Å². The van der Waals surface area contributed by atoms with Crippen molar-refractivity contribution < 1.29 is 19.4 Å². The molecule has 0 aliphatic carbocycles. The lowest BCUT2D eigenvalue weighted by Gasteiger charge is -2.38.